The Morgan fingerprint density at radius 1 is 0.829 bits per heavy atom. The lowest BCUT2D eigenvalue weighted by atomic mass is 9.44. The third kappa shape index (κ3) is 11.1. The summed E-state index contributed by atoms with van der Waals surface area (Å²) < 4.78 is 42.3. The number of esters is 4. The van der Waals surface area contributed by atoms with Crippen molar-refractivity contribution in [1.29, 1.82) is 0 Å². The van der Waals surface area contributed by atoms with Crippen molar-refractivity contribution in [2.45, 2.75) is 116 Å². The summed E-state index contributed by atoms with van der Waals surface area (Å²) in [6, 6.07) is 13.7. The van der Waals surface area contributed by atoms with Gasteiger partial charge in [-0.15, -0.1) is 0 Å². The molecule has 3 aliphatic carbocycles. The molecule has 1 aliphatic heterocycles. The Kier molecular flexibility index (Phi) is 16.4. The Balaban J connectivity index is 1.56. The molecule has 1 saturated heterocycles. The van der Waals surface area contributed by atoms with Gasteiger partial charge in [0.25, 0.3) is 0 Å². The molecule has 2 aromatic rings. The minimum Gasteiger partial charge on any atom is -0.456 e. The van der Waals surface area contributed by atoms with Crippen LogP contribution in [-0.4, -0.2) is 127 Å². The number of ketones is 1. The van der Waals surface area contributed by atoms with E-state index in [0.29, 0.717) is 0 Å². The van der Waals surface area contributed by atoms with Gasteiger partial charge in [-0.05, 0) is 42.7 Å². The van der Waals surface area contributed by atoms with Crippen molar-refractivity contribution in [2.24, 2.45) is 16.7 Å². The van der Waals surface area contributed by atoms with Crippen molar-refractivity contribution in [1.82, 2.24) is 5.32 Å². The fourth-order valence-corrected chi connectivity index (χ4v) is 10.5. The first-order chi connectivity index (χ1) is 32.5. The molecule has 11 atom stereocenters. The Hall–Kier alpha value is -4.11. The van der Waals surface area contributed by atoms with Crippen molar-refractivity contribution in [3.8, 4) is 0 Å². The fraction of sp³-hybridized carbons (Fsp3) is 0.543. The molecule has 382 valence electrons. The number of amides is 1. The highest BCUT2D eigenvalue weighted by Gasteiger charge is 2.79. The van der Waals surface area contributed by atoms with Crippen LogP contribution in [-0.2, 0) is 57.1 Å². The monoisotopic (exact) mass is 1100 g/mol. The molecule has 24 heteroatoms. The number of carbonyl (C=O) groups excluding carboxylic acids is 7. The van der Waals surface area contributed by atoms with Crippen LogP contribution in [0.2, 0.25) is 0 Å². The maximum atomic E-state index is 16.0. The second-order valence-electron chi connectivity index (χ2n) is 18.1. The largest absolute Gasteiger partial charge is 0.508 e. The second-order valence-corrected chi connectivity index (χ2v) is 23.1. The van der Waals surface area contributed by atoms with Gasteiger partial charge in [0.2, 0.25) is 7.59 Å². The predicted octanol–water partition coefficient (Wildman–Crippen LogP) is 6.93. The molecule has 0 spiro atoms. The van der Waals surface area contributed by atoms with E-state index in [1.807, 2.05) is 0 Å². The van der Waals surface area contributed by atoms with Crippen LogP contribution in [0.4, 0.5) is 9.59 Å². The van der Waals surface area contributed by atoms with Crippen LogP contribution in [0.3, 0.4) is 0 Å². The number of benzene rings is 2. The topological polar surface area (TPSA) is 246 Å². The molecule has 2 saturated carbocycles. The number of alkyl carbamates (subject to hydrolysis) is 1. The molecule has 1 amide bonds. The van der Waals surface area contributed by atoms with Gasteiger partial charge >= 0.3 is 36.1 Å². The molecule has 3 fully saturated rings. The minimum atomic E-state index is -2.57. The molecule has 18 nitrogen and oxygen atoms in total. The summed E-state index contributed by atoms with van der Waals surface area (Å²) in [4.78, 5) is 97.8. The van der Waals surface area contributed by atoms with Gasteiger partial charge in [-0.1, -0.05) is 132 Å². The van der Waals surface area contributed by atoms with E-state index in [2.05, 4.69) is 5.32 Å². The zero-order valence-corrected chi connectivity index (χ0v) is 42.7. The number of fused-ring (bicyclic) bond motifs is 5. The van der Waals surface area contributed by atoms with E-state index in [0.717, 1.165) is 13.8 Å². The summed E-state index contributed by atoms with van der Waals surface area (Å²) in [7, 11) is 0. The molecule has 0 aromatic heterocycles. The summed E-state index contributed by atoms with van der Waals surface area (Å²) in [6.07, 6.45) is -14.5. The number of rotatable bonds is 12. The van der Waals surface area contributed by atoms with Gasteiger partial charge in [-0.2, -0.15) is 0 Å². The molecular formula is C46H49Cl6NO17. The minimum absolute atomic E-state index is 0.0284. The summed E-state index contributed by atoms with van der Waals surface area (Å²) in [5.41, 5.74) is -8.60. The lowest BCUT2D eigenvalue weighted by Gasteiger charge is -2.67. The maximum Gasteiger partial charge on any atom is 0.508 e. The highest BCUT2D eigenvalue weighted by atomic mass is 35.6. The summed E-state index contributed by atoms with van der Waals surface area (Å²) in [6.45, 7) is 5.81. The number of halogens is 6. The van der Waals surface area contributed by atoms with E-state index in [1.54, 1.807) is 24.3 Å². The molecule has 3 N–H and O–H groups in total. The Morgan fingerprint density at radius 3 is 1.96 bits per heavy atom. The molecule has 2 aromatic carbocycles. The number of hydrogen-bond acceptors (Lipinski definition) is 17. The maximum absolute atomic E-state index is 16.0. The smallest absolute Gasteiger partial charge is 0.456 e. The van der Waals surface area contributed by atoms with E-state index in [1.165, 1.54) is 64.1 Å². The van der Waals surface area contributed by atoms with Crippen LogP contribution < -0.4 is 5.32 Å². The number of carbonyl (C=O) groups is 7. The zero-order valence-electron chi connectivity index (χ0n) is 38.2. The van der Waals surface area contributed by atoms with Gasteiger partial charge < -0.3 is 53.4 Å². The number of Topliss-reactive ketones (excluding diaryl/α,β-unsaturated/α-hetero) is 1. The van der Waals surface area contributed by atoms with E-state index >= 15 is 4.79 Å². The first-order valence-electron chi connectivity index (χ1n) is 21.5. The number of ether oxygens (including phenoxy) is 8. The van der Waals surface area contributed by atoms with Crippen LogP contribution in [0.25, 0.3) is 0 Å². The Morgan fingerprint density at radius 2 is 1.41 bits per heavy atom. The molecular weight excluding hydrogens is 1050 g/mol. The third-order valence-electron chi connectivity index (χ3n) is 13.4. The number of aliphatic hydroxyl groups excluding tert-OH is 1. The number of hydrogen-bond donors (Lipinski definition) is 3. The molecule has 0 radical (unpaired) electrons. The van der Waals surface area contributed by atoms with E-state index < -0.39 is 146 Å². The molecule has 70 heavy (non-hydrogen) atoms. The molecule has 6 rings (SSSR count). The van der Waals surface area contributed by atoms with Crippen molar-refractivity contribution >= 4 is 112 Å². The first-order valence-corrected chi connectivity index (χ1v) is 23.8. The predicted molar refractivity (Wildman–Crippen MR) is 249 cm³/mol. The quantitative estimate of drug-likeness (QED) is 0.0844. The van der Waals surface area contributed by atoms with Gasteiger partial charge in [0.05, 0.1) is 29.5 Å². The standard InChI is InChI=1S/C46H49Cl6NO17/c1-22-27(67-38(59)32(56)31(25-13-9-7-10-14-25)53-39(60)64-20-45(47,48)49)18-44(62)36(69-37(58)26-15-11-8-12-16-26)34-42(6,35(57)33(66-23(2)54)30(22)41(44,4)5)28(68-40(61)65-21-46(50,51)52)17-29-43(34,19-63-29)70-24(3)55/h7-16,27-29,31-34,36,56,62H,17-21H2,1-6H3,(H,53,60)/t27-,28-,29+,31-,32+,33+,34-,36-,42+,43-,44+/m0/s1. The Labute approximate surface area is 431 Å². The first kappa shape index (κ1) is 55.2. The van der Waals surface area contributed by atoms with Crippen molar-refractivity contribution in [3.63, 3.8) is 0 Å². The number of alkyl halides is 6. The lowest BCUT2D eigenvalue weighted by Crippen LogP contribution is -2.82. The van der Waals surface area contributed by atoms with Crippen molar-refractivity contribution < 1.29 is 81.7 Å². The van der Waals surface area contributed by atoms with Crippen LogP contribution in [0, 0.1) is 16.7 Å². The normalized spacial score (nSPS) is 29.9. The van der Waals surface area contributed by atoms with E-state index in [4.69, 9.17) is 108 Å². The lowest BCUT2D eigenvalue weighted by molar-refractivity contribution is -0.346. The third-order valence-corrected chi connectivity index (χ3v) is 14.0. The highest BCUT2D eigenvalue weighted by molar-refractivity contribution is 6.68. The van der Waals surface area contributed by atoms with Crippen LogP contribution >= 0.6 is 69.6 Å². The van der Waals surface area contributed by atoms with Gasteiger partial charge in [0.15, 0.2) is 23.6 Å². The average Bonchev–Trinajstić information content (AvgIpc) is 3.27. The zero-order chi connectivity index (χ0) is 51.9. The summed E-state index contributed by atoms with van der Waals surface area (Å²) >= 11 is 34.8. The van der Waals surface area contributed by atoms with Crippen LogP contribution in [0.15, 0.2) is 71.8 Å². The SMILES string of the molecule is CC(=O)O[C@H]1C(=O)[C@]2(C)[C@@H](OC(=O)OCC(Cl)(Cl)Cl)C[C@H]3OC[C@@]3(OC(C)=O)[C@H]2[C@H](OC(=O)c2ccccc2)[C@]2(O)C[C@H](OC(=O)[C@H](O)[C@@H](NC(=O)OCC(Cl)(Cl)Cl)c3ccccc3)C(C)=C1C2(C)C. The van der Waals surface area contributed by atoms with E-state index in [9.17, 15) is 39.0 Å². The van der Waals surface area contributed by atoms with Gasteiger partial charge in [0, 0.05) is 32.1 Å². The number of aliphatic hydroxyl groups is 2. The molecule has 0 unspecified atom stereocenters. The van der Waals surface area contributed by atoms with Crippen molar-refractivity contribution in [3.05, 3.63) is 82.9 Å². The highest BCUT2D eigenvalue weighted by Crippen LogP contribution is 2.65. The molecule has 1 heterocycles. The summed E-state index contributed by atoms with van der Waals surface area (Å²) in [5.74, 6) is -7.11. The fourth-order valence-electron chi connectivity index (χ4n) is 10.1. The van der Waals surface area contributed by atoms with Crippen LogP contribution in [0.5, 0.6) is 0 Å². The average molecular weight is 1100 g/mol. The van der Waals surface area contributed by atoms with Gasteiger partial charge in [-0.3, -0.25) is 14.4 Å². The van der Waals surface area contributed by atoms with Gasteiger partial charge in [-0.25, -0.2) is 19.2 Å². The molecule has 4 aliphatic rings. The Bertz CT molecular complexity index is 2400. The van der Waals surface area contributed by atoms with Crippen LogP contribution in [0.1, 0.15) is 76.3 Å². The second kappa shape index (κ2) is 20.8. The van der Waals surface area contributed by atoms with Crippen molar-refractivity contribution in [2.75, 3.05) is 19.8 Å². The van der Waals surface area contributed by atoms with Gasteiger partial charge in [0.1, 0.15) is 43.2 Å². The molecule has 2 bridgehead atoms. The van der Waals surface area contributed by atoms with E-state index in [-0.39, 0.29) is 28.7 Å². The number of nitrogens with one attached hydrogen (secondary N) is 1. The summed E-state index contributed by atoms with van der Waals surface area (Å²) in [5, 5.41) is 28.0.